The Hall–Kier alpha value is -1.55. The van der Waals surface area contributed by atoms with E-state index in [1.807, 2.05) is 6.92 Å². The molecule has 0 bridgehead atoms. The summed E-state index contributed by atoms with van der Waals surface area (Å²) in [5.41, 5.74) is 1.45. The molecular formula is C19H31N3O. The van der Waals surface area contributed by atoms with Crippen molar-refractivity contribution in [2.75, 3.05) is 39.4 Å². The van der Waals surface area contributed by atoms with Crippen LogP contribution in [0.2, 0.25) is 0 Å². The van der Waals surface area contributed by atoms with Crippen LogP contribution in [0.4, 0.5) is 0 Å². The highest BCUT2D eigenvalue weighted by Gasteiger charge is 2.25. The number of nitrogens with one attached hydrogen (secondary N) is 1. The number of ether oxygens (including phenoxy) is 1. The Balaban J connectivity index is 1.83. The second-order valence-electron chi connectivity index (χ2n) is 5.98. The first kappa shape index (κ1) is 17.8. The predicted octanol–water partition coefficient (Wildman–Crippen LogP) is 3.26. The van der Waals surface area contributed by atoms with Crippen LogP contribution in [0, 0.1) is 0 Å². The van der Waals surface area contributed by atoms with Gasteiger partial charge < -0.3 is 15.0 Å². The first-order chi connectivity index (χ1) is 11.3. The summed E-state index contributed by atoms with van der Waals surface area (Å²) in [6, 6.07) is 10.8. The van der Waals surface area contributed by atoms with Crippen LogP contribution in [0.5, 0.6) is 0 Å². The molecule has 0 saturated carbocycles. The average molecular weight is 317 g/mol. The summed E-state index contributed by atoms with van der Waals surface area (Å²) < 4.78 is 5.38. The molecule has 1 aromatic carbocycles. The molecule has 1 aliphatic rings. The van der Waals surface area contributed by atoms with Gasteiger partial charge in [-0.15, -0.1) is 0 Å². The highest BCUT2D eigenvalue weighted by molar-refractivity contribution is 5.80. The van der Waals surface area contributed by atoms with Gasteiger partial charge in [0.1, 0.15) is 0 Å². The fourth-order valence-corrected chi connectivity index (χ4v) is 3.02. The van der Waals surface area contributed by atoms with Crippen molar-refractivity contribution >= 4 is 5.96 Å². The van der Waals surface area contributed by atoms with Crippen molar-refractivity contribution in [2.24, 2.45) is 4.99 Å². The van der Waals surface area contributed by atoms with E-state index < -0.39 is 0 Å². The maximum absolute atomic E-state index is 5.38. The minimum absolute atomic E-state index is 0.623. The SMILES string of the molecule is CCNC(=NCCCCOCC)N1CCC(c2ccccc2)C1. The molecule has 0 spiro atoms. The van der Waals surface area contributed by atoms with Crippen LogP contribution in [0.3, 0.4) is 0 Å². The summed E-state index contributed by atoms with van der Waals surface area (Å²) in [7, 11) is 0. The van der Waals surface area contributed by atoms with Crippen molar-refractivity contribution in [2.45, 2.75) is 39.0 Å². The summed E-state index contributed by atoms with van der Waals surface area (Å²) in [4.78, 5) is 7.20. The summed E-state index contributed by atoms with van der Waals surface area (Å²) >= 11 is 0. The van der Waals surface area contributed by atoms with E-state index in [1.54, 1.807) is 0 Å². The molecule has 1 fully saturated rings. The fourth-order valence-electron chi connectivity index (χ4n) is 3.02. The maximum Gasteiger partial charge on any atom is 0.193 e. The molecule has 1 aromatic rings. The smallest absolute Gasteiger partial charge is 0.193 e. The molecule has 23 heavy (non-hydrogen) atoms. The standard InChI is InChI=1S/C19H31N3O/c1-3-20-19(21-13-8-9-15-23-4-2)22-14-12-18(16-22)17-10-6-5-7-11-17/h5-7,10-11,18H,3-4,8-9,12-16H2,1-2H3,(H,20,21). The lowest BCUT2D eigenvalue weighted by Gasteiger charge is -2.21. The van der Waals surface area contributed by atoms with E-state index in [1.165, 1.54) is 12.0 Å². The zero-order valence-corrected chi connectivity index (χ0v) is 14.6. The number of hydrogen-bond acceptors (Lipinski definition) is 2. The lowest BCUT2D eigenvalue weighted by Crippen LogP contribution is -2.40. The van der Waals surface area contributed by atoms with Gasteiger partial charge in [-0.05, 0) is 38.7 Å². The van der Waals surface area contributed by atoms with Crippen LogP contribution >= 0.6 is 0 Å². The quantitative estimate of drug-likeness (QED) is 0.454. The normalized spacial score (nSPS) is 18.4. The number of guanidine groups is 1. The van der Waals surface area contributed by atoms with Crippen LogP contribution in [-0.2, 0) is 4.74 Å². The lowest BCUT2D eigenvalue weighted by molar-refractivity contribution is 0.144. The van der Waals surface area contributed by atoms with Crippen molar-refractivity contribution in [1.29, 1.82) is 0 Å². The van der Waals surface area contributed by atoms with Crippen LogP contribution in [-0.4, -0.2) is 50.3 Å². The van der Waals surface area contributed by atoms with E-state index in [0.29, 0.717) is 5.92 Å². The van der Waals surface area contributed by atoms with E-state index in [0.717, 1.165) is 58.2 Å². The zero-order valence-electron chi connectivity index (χ0n) is 14.6. The first-order valence-electron chi connectivity index (χ1n) is 9.01. The van der Waals surface area contributed by atoms with E-state index in [2.05, 4.69) is 47.5 Å². The van der Waals surface area contributed by atoms with Gasteiger partial charge >= 0.3 is 0 Å². The molecule has 0 aliphatic carbocycles. The third kappa shape index (κ3) is 5.87. The molecule has 2 rings (SSSR count). The van der Waals surface area contributed by atoms with Crippen LogP contribution in [0.25, 0.3) is 0 Å². The van der Waals surface area contributed by atoms with Gasteiger partial charge in [-0.25, -0.2) is 0 Å². The zero-order chi connectivity index (χ0) is 16.3. The summed E-state index contributed by atoms with van der Waals surface area (Å²) in [6.07, 6.45) is 3.38. The lowest BCUT2D eigenvalue weighted by atomic mass is 9.99. The first-order valence-corrected chi connectivity index (χ1v) is 9.01. The maximum atomic E-state index is 5.38. The Morgan fingerprint density at radius 3 is 2.83 bits per heavy atom. The van der Waals surface area contributed by atoms with Crippen molar-refractivity contribution < 1.29 is 4.74 Å². The van der Waals surface area contributed by atoms with Crippen molar-refractivity contribution in [3.63, 3.8) is 0 Å². The molecule has 0 aromatic heterocycles. The fraction of sp³-hybridized carbons (Fsp3) is 0.632. The minimum atomic E-state index is 0.623. The number of benzene rings is 1. The number of hydrogen-bond donors (Lipinski definition) is 1. The van der Waals surface area contributed by atoms with Crippen LogP contribution < -0.4 is 5.32 Å². The van der Waals surface area contributed by atoms with Gasteiger partial charge in [0.25, 0.3) is 0 Å². The number of aliphatic imine (C=N–C) groups is 1. The molecule has 4 nitrogen and oxygen atoms in total. The predicted molar refractivity (Wildman–Crippen MR) is 97.1 cm³/mol. The molecule has 1 aliphatic heterocycles. The number of unbranched alkanes of at least 4 members (excludes halogenated alkanes) is 1. The third-order valence-corrected chi connectivity index (χ3v) is 4.26. The molecule has 1 saturated heterocycles. The molecule has 128 valence electrons. The Bertz CT molecular complexity index is 461. The van der Waals surface area contributed by atoms with Crippen molar-refractivity contribution in [1.82, 2.24) is 10.2 Å². The molecule has 1 heterocycles. The third-order valence-electron chi connectivity index (χ3n) is 4.26. The molecular weight excluding hydrogens is 286 g/mol. The minimum Gasteiger partial charge on any atom is -0.382 e. The Morgan fingerprint density at radius 1 is 1.26 bits per heavy atom. The summed E-state index contributed by atoms with van der Waals surface area (Å²) in [5, 5.41) is 3.44. The van der Waals surface area contributed by atoms with Gasteiger partial charge in [-0.3, -0.25) is 4.99 Å². The summed E-state index contributed by atoms with van der Waals surface area (Å²) in [6.45, 7) is 9.78. The monoisotopic (exact) mass is 317 g/mol. The van der Waals surface area contributed by atoms with Crippen LogP contribution in [0.15, 0.2) is 35.3 Å². The topological polar surface area (TPSA) is 36.9 Å². The molecule has 4 heteroatoms. The van der Waals surface area contributed by atoms with Gasteiger partial charge in [0, 0.05) is 45.3 Å². The average Bonchev–Trinajstić information content (AvgIpc) is 3.08. The number of likely N-dealkylation sites (tertiary alicyclic amines) is 1. The second kappa shape index (κ2) is 10.3. The molecule has 0 amide bonds. The number of nitrogens with zero attached hydrogens (tertiary/aromatic N) is 2. The van der Waals surface area contributed by atoms with E-state index in [4.69, 9.17) is 9.73 Å². The largest absolute Gasteiger partial charge is 0.382 e. The molecule has 1 atom stereocenters. The Morgan fingerprint density at radius 2 is 2.09 bits per heavy atom. The van der Waals surface area contributed by atoms with E-state index in [9.17, 15) is 0 Å². The van der Waals surface area contributed by atoms with E-state index in [-0.39, 0.29) is 0 Å². The highest BCUT2D eigenvalue weighted by atomic mass is 16.5. The van der Waals surface area contributed by atoms with Gasteiger partial charge in [0.15, 0.2) is 5.96 Å². The van der Waals surface area contributed by atoms with Crippen molar-refractivity contribution in [3.8, 4) is 0 Å². The van der Waals surface area contributed by atoms with Gasteiger partial charge in [0.05, 0.1) is 0 Å². The van der Waals surface area contributed by atoms with Gasteiger partial charge in [0.2, 0.25) is 0 Å². The molecule has 1 unspecified atom stereocenters. The van der Waals surface area contributed by atoms with Crippen molar-refractivity contribution in [3.05, 3.63) is 35.9 Å². The second-order valence-corrected chi connectivity index (χ2v) is 5.98. The van der Waals surface area contributed by atoms with Crippen LogP contribution in [0.1, 0.15) is 44.6 Å². The highest BCUT2D eigenvalue weighted by Crippen LogP contribution is 2.26. The van der Waals surface area contributed by atoms with Gasteiger partial charge in [-0.2, -0.15) is 0 Å². The van der Waals surface area contributed by atoms with E-state index >= 15 is 0 Å². The molecule has 1 N–H and O–H groups in total. The Labute approximate surface area is 140 Å². The Kier molecular flexibility index (Phi) is 7.95. The van der Waals surface area contributed by atoms with Gasteiger partial charge in [-0.1, -0.05) is 30.3 Å². The number of rotatable bonds is 8. The molecule has 0 radical (unpaired) electrons. The summed E-state index contributed by atoms with van der Waals surface area (Å²) in [5.74, 6) is 1.69.